The molecule has 0 spiro atoms. The molecule has 3 N–H and O–H groups in total. The van der Waals surface area contributed by atoms with Gasteiger partial charge in [0.05, 0.1) is 12.6 Å². The van der Waals surface area contributed by atoms with Crippen LogP contribution < -0.4 is 5.73 Å². The van der Waals surface area contributed by atoms with Gasteiger partial charge in [-0.2, -0.15) is 0 Å². The van der Waals surface area contributed by atoms with Crippen molar-refractivity contribution in [3.8, 4) is 0 Å². The van der Waals surface area contributed by atoms with E-state index in [4.69, 9.17) is 10.8 Å². The van der Waals surface area contributed by atoms with Gasteiger partial charge < -0.3 is 10.8 Å². The molecule has 3 nitrogen and oxygen atoms in total. The molecule has 4 heteroatoms. The Bertz CT molecular complexity index is 564. The molecule has 0 heterocycles. The van der Waals surface area contributed by atoms with Crippen molar-refractivity contribution in [2.24, 2.45) is 5.73 Å². The Balaban J connectivity index is 2.22. The number of halogens is 1. The van der Waals surface area contributed by atoms with E-state index in [0.717, 1.165) is 9.13 Å². The summed E-state index contributed by atoms with van der Waals surface area (Å²) in [5.41, 5.74) is 7.82. The Morgan fingerprint density at radius 1 is 1.05 bits per heavy atom. The molecule has 0 aromatic heterocycles. The van der Waals surface area contributed by atoms with E-state index in [9.17, 15) is 4.79 Å². The van der Waals surface area contributed by atoms with E-state index < -0.39 is 6.04 Å². The lowest BCUT2D eigenvalue weighted by atomic mass is 10.0. The summed E-state index contributed by atoms with van der Waals surface area (Å²) in [7, 11) is 0. The zero-order valence-electron chi connectivity index (χ0n) is 10.2. The Morgan fingerprint density at radius 2 is 1.53 bits per heavy atom. The molecule has 0 bridgehead atoms. The summed E-state index contributed by atoms with van der Waals surface area (Å²) in [4.78, 5) is 12.2. The molecule has 98 valence electrons. The summed E-state index contributed by atoms with van der Waals surface area (Å²) in [6.07, 6.45) is 0. The van der Waals surface area contributed by atoms with Crippen molar-refractivity contribution in [3.63, 3.8) is 0 Å². The summed E-state index contributed by atoms with van der Waals surface area (Å²) in [5.74, 6) is -0.0134. The predicted molar refractivity (Wildman–Crippen MR) is 83.0 cm³/mol. The van der Waals surface area contributed by atoms with Gasteiger partial charge in [0.25, 0.3) is 0 Å². The number of ketones is 1. The molecular weight excluding hydrogens is 353 g/mol. The number of benzene rings is 2. The Labute approximate surface area is 125 Å². The molecule has 0 aliphatic rings. The average Bonchev–Trinajstić information content (AvgIpc) is 2.46. The Kier molecular flexibility index (Phi) is 4.68. The fourth-order valence-corrected chi connectivity index (χ4v) is 2.11. The van der Waals surface area contributed by atoms with Gasteiger partial charge in [-0.05, 0) is 52.4 Å². The van der Waals surface area contributed by atoms with Crippen molar-refractivity contribution in [3.05, 3.63) is 68.8 Å². The summed E-state index contributed by atoms with van der Waals surface area (Å²) in [5, 5.41) is 8.98. The summed E-state index contributed by atoms with van der Waals surface area (Å²) < 4.78 is 1.10. The number of aliphatic hydroxyl groups excluding tert-OH is 1. The number of nitrogens with two attached hydrogens (primary N) is 1. The second-order valence-corrected chi connectivity index (χ2v) is 5.49. The van der Waals surface area contributed by atoms with Crippen LogP contribution in [-0.4, -0.2) is 17.5 Å². The highest BCUT2D eigenvalue weighted by Gasteiger charge is 2.10. The maximum absolute atomic E-state index is 12.2. The number of rotatable bonds is 4. The van der Waals surface area contributed by atoms with Gasteiger partial charge in [0.15, 0.2) is 5.78 Å². The van der Waals surface area contributed by atoms with Gasteiger partial charge in [0, 0.05) is 14.7 Å². The van der Waals surface area contributed by atoms with Crippen molar-refractivity contribution >= 4 is 28.4 Å². The third-order valence-electron chi connectivity index (χ3n) is 2.90. The molecule has 0 amide bonds. The van der Waals surface area contributed by atoms with Crippen molar-refractivity contribution in [1.82, 2.24) is 0 Å². The summed E-state index contributed by atoms with van der Waals surface area (Å²) in [6, 6.07) is 14.1. The third kappa shape index (κ3) is 3.40. The van der Waals surface area contributed by atoms with E-state index in [1.54, 1.807) is 24.3 Å². The fourth-order valence-electron chi connectivity index (χ4n) is 1.76. The van der Waals surface area contributed by atoms with E-state index in [-0.39, 0.29) is 12.4 Å². The highest BCUT2D eigenvalue weighted by Crippen LogP contribution is 2.15. The van der Waals surface area contributed by atoms with E-state index >= 15 is 0 Å². The lowest BCUT2D eigenvalue weighted by Gasteiger charge is -2.09. The Morgan fingerprint density at radius 3 is 2.00 bits per heavy atom. The van der Waals surface area contributed by atoms with Gasteiger partial charge in [0.2, 0.25) is 0 Å². The molecule has 0 aliphatic carbocycles. The highest BCUT2D eigenvalue weighted by atomic mass is 127. The van der Waals surface area contributed by atoms with E-state index in [1.165, 1.54) is 0 Å². The topological polar surface area (TPSA) is 63.3 Å². The van der Waals surface area contributed by atoms with Crippen LogP contribution in [-0.2, 0) is 0 Å². The molecule has 1 atom stereocenters. The van der Waals surface area contributed by atoms with Gasteiger partial charge in [0.1, 0.15) is 0 Å². The first kappa shape index (κ1) is 14.2. The second-order valence-electron chi connectivity index (χ2n) is 4.25. The smallest absolute Gasteiger partial charge is 0.193 e. The number of carbonyl (C=O) groups excluding carboxylic acids is 1. The van der Waals surface area contributed by atoms with Crippen LogP contribution in [0.2, 0.25) is 0 Å². The standard InChI is InChI=1S/C15H14INO2/c16-13-7-5-12(6-8-13)15(19)11-3-1-10(2-4-11)14(17)9-18/h1-8,14,18H,9,17H2/t14-/m0/s1. The number of aliphatic hydroxyl groups is 1. The molecule has 0 unspecified atom stereocenters. The lowest BCUT2D eigenvalue weighted by Crippen LogP contribution is -2.14. The lowest BCUT2D eigenvalue weighted by molar-refractivity contribution is 0.103. The monoisotopic (exact) mass is 367 g/mol. The van der Waals surface area contributed by atoms with Crippen LogP contribution in [0.3, 0.4) is 0 Å². The zero-order valence-corrected chi connectivity index (χ0v) is 12.4. The molecule has 0 saturated heterocycles. The third-order valence-corrected chi connectivity index (χ3v) is 3.62. The number of hydrogen-bond donors (Lipinski definition) is 2. The van der Waals surface area contributed by atoms with Crippen LogP contribution in [0, 0.1) is 3.57 Å². The van der Waals surface area contributed by atoms with Gasteiger partial charge in [-0.1, -0.05) is 24.3 Å². The van der Waals surface area contributed by atoms with Crippen LogP contribution >= 0.6 is 22.6 Å². The second kappa shape index (κ2) is 6.27. The SMILES string of the molecule is N[C@@H](CO)c1ccc(C(=O)c2ccc(I)cc2)cc1. The maximum atomic E-state index is 12.2. The van der Waals surface area contributed by atoms with E-state index in [2.05, 4.69) is 22.6 Å². The molecule has 0 aliphatic heterocycles. The fraction of sp³-hybridized carbons (Fsp3) is 0.133. The van der Waals surface area contributed by atoms with Crippen molar-refractivity contribution in [2.45, 2.75) is 6.04 Å². The van der Waals surface area contributed by atoms with Crippen molar-refractivity contribution in [2.75, 3.05) is 6.61 Å². The largest absolute Gasteiger partial charge is 0.394 e. The zero-order chi connectivity index (χ0) is 13.8. The average molecular weight is 367 g/mol. The van der Waals surface area contributed by atoms with Crippen LogP contribution in [0.5, 0.6) is 0 Å². The first-order chi connectivity index (χ1) is 9.11. The predicted octanol–water partition coefficient (Wildman–Crippen LogP) is 2.51. The molecule has 0 fully saturated rings. The molecule has 0 saturated carbocycles. The first-order valence-corrected chi connectivity index (χ1v) is 6.96. The van der Waals surface area contributed by atoms with E-state index in [0.29, 0.717) is 11.1 Å². The summed E-state index contributed by atoms with van der Waals surface area (Å²) in [6.45, 7) is -0.107. The van der Waals surface area contributed by atoms with Crippen molar-refractivity contribution in [1.29, 1.82) is 0 Å². The first-order valence-electron chi connectivity index (χ1n) is 5.88. The van der Waals surface area contributed by atoms with Gasteiger partial charge >= 0.3 is 0 Å². The minimum atomic E-state index is -0.401. The van der Waals surface area contributed by atoms with Crippen LogP contribution in [0.1, 0.15) is 27.5 Å². The molecule has 19 heavy (non-hydrogen) atoms. The molecule has 0 radical (unpaired) electrons. The Hall–Kier alpha value is -1.24. The quantitative estimate of drug-likeness (QED) is 0.645. The normalized spacial score (nSPS) is 12.2. The highest BCUT2D eigenvalue weighted by molar-refractivity contribution is 14.1. The van der Waals surface area contributed by atoms with Crippen LogP contribution in [0.25, 0.3) is 0 Å². The number of carbonyl (C=O) groups is 1. The van der Waals surface area contributed by atoms with Gasteiger partial charge in [-0.3, -0.25) is 4.79 Å². The minimum Gasteiger partial charge on any atom is -0.394 e. The van der Waals surface area contributed by atoms with Gasteiger partial charge in [-0.25, -0.2) is 0 Å². The van der Waals surface area contributed by atoms with Crippen molar-refractivity contribution < 1.29 is 9.90 Å². The number of hydrogen-bond acceptors (Lipinski definition) is 3. The van der Waals surface area contributed by atoms with Gasteiger partial charge in [-0.15, -0.1) is 0 Å². The minimum absolute atomic E-state index is 0.0134. The van der Waals surface area contributed by atoms with Crippen LogP contribution in [0.15, 0.2) is 48.5 Å². The molecular formula is C15H14INO2. The van der Waals surface area contributed by atoms with E-state index in [1.807, 2.05) is 24.3 Å². The molecule has 2 rings (SSSR count). The molecule has 2 aromatic carbocycles. The van der Waals surface area contributed by atoms with Crippen LogP contribution in [0.4, 0.5) is 0 Å². The summed E-state index contributed by atoms with van der Waals surface area (Å²) >= 11 is 2.20. The molecule has 2 aromatic rings. The maximum Gasteiger partial charge on any atom is 0.193 e.